The number of rotatable bonds is 4. The van der Waals surface area contributed by atoms with Crippen molar-refractivity contribution >= 4 is 5.91 Å². The maximum atomic E-state index is 13.5. The van der Waals surface area contributed by atoms with Crippen LogP contribution in [0.5, 0.6) is 0 Å². The van der Waals surface area contributed by atoms with E-state index in [1.54, 1.807) is 6.92 Å². The molecule has 1 atom stereocenters. The Hall–Kier alpha value is -1.49. The molecule has 0 saturated carbocycles. The molecule has 0 saturated heterocycles. The molecule has 5 heteroatoms. The summed E-state index contributed by atoms with van der Waals surface area (Å²) in [6, 6.07) is 3.04. The molecule has 0 aliphatic heterocycles. The summed E-state index contributed by atoms with van der Waals surface area (Å²) >= 11 is 0. The van der Waals surface area contributed by atoms with Crippen molar-refractivity contribution in [3.05, 3.63) is 35.4 Å². The molecule has 0 radical (unpaired) electrons. The highest BCUT2D eigenvalue weighted by Crippen LogP contribution is 2.23. The first-order valence-corrected chi connectivity index (χ1v) is 4.92. The van der Waals surface area contributed by atoms with Crippen molar-refractivity contribution in [3.8, 4) is 0 Å². The molecule has 3 nitrogen and oxygen atoms in total. The number of nitrogens with two attached hydrogens (primary N) is 1. The molecule has 0 fully saturated rings. The topological polar surface area (TPSA) is 55.1 Å². The fraction of sp³-hybridized carbons (Fsp3) is 0.364. The molecule has 1 rings (SSSR count). The van der Waals surface area contributed by atoms with Crippen molar-refractivity contribution in [1.82, 2.24) is 5.32 Å². The van der Waals surface area contributed by atoms with Crippen LogP contribution in [0, 0.1) is 11.6 Å². The van der Waals surface area contributed by atoms with Crippen LogP contribution in [0.2, 0.25) is 0 Å². The summed E-state index contributed by atoms with van der Waals surface area (Å²) < 4.78 is 26.3. The zero-order chi connectivity index (χ0) is 12.3. The molecule has 0 spiro atoms. The molecule has 1 aromatic carbocycles. The summed E-state index contributed by atoms with van der Waals surface area (Å²) in [7, 11) is 0. The van der Waals surface area contributed by atoms with Crippen molar-refractivity contribution < 1.29 is 13.6 Å². The van der Waals surface area contributed by atoms with Crippen molar-refractivity contribution in [3.63, 3.8) is 0 Å². The van der Waals surface area contributed by atoms with E-state index in [4.69, 9.17) is 5.73 Å². The van der Waals surface area contributed by atoms with Gasteiger partial charge in [0.1, 0.15) is 17.2 Å². The van der Waals surface area contributed by atoms with E-state index in [1.807, 2.05) is 0 Å². The lowest BCUT2D eigenvalue weighted by atomic mass is 9.90. The lowest BCUT2D eigenvalue weighted by Crippen LogP contribution is -2.50. The van der Waals surface area contributed by atoms with E-state index in [9.17, 15) is 13.6 Å². The Bertz CT molecular complexity index is 409. The average molecular weight is 228 g/mol. The maximum absolute atomic E-state index is 13.5. The predicted octanol–water partition coefficient (Wildman–Crippen LogP) is 1.27. The number of carbonyl (C=O) groups excluding carboxylic acids is 1. The van der Waals surface area contributed by atoms with Crippen molar-refractivity contribution in [2.75, 3.05) is 6.54 Å². The molecule has 0 aliphatic carbocycles. The first-order valence-electron chi connectivity index (χ1n) is 4.92. The van der Waals surface area contributed by atoms with Crippen LogP contribution in [0.3, 0.4) is 0 Å². The quantitative estimate of drug-likeness (QED) is 0.815. The molecule has 1 aromatic rings. The van der Waals surface area contributed by atoms with Crippen LogP contribution in [0.4, 0.5) is 8.78 Å². The van der Waals surface area contributed by atoms with Crippen LogP contribution in [0.15, 0.2) is 18.2 Å². The molecule has 0 aromatic heterocycles. The summed E-state index contributed by atoms with van der Waals surface area (Å²) in [5.41, 5.74) is 3.95. The van der Waals surface area contributed by atoms with Gasteiger partial charge in [-0.25, -0.2) is 8.78 Å². The third-order valence-electron chi connectivity index (χ3n) is 2.49. The van der Waals surface area contributed by atoms with Gasteiger partial charge in [0.2, 0.25) is 5.91 Å². The molecule has 1 amide bonds. The highest BCUT2D eigenvalue weighted by molar-refractivity contribution is 5.85. The monoisotopic (exact) mass is 228 g/mol. The summed E-state index contributed by atoms with van der Waals surface area (Å²) in [5, 5.41) is 2.80. The van der Waals surface area contributed by atoms with E-state index in [2.05, 4.69) is 5.32 Å². The minimum Gasteiger partial charge on any atom is -0.368 e. The zero-order valence-electron chi connectivity index (χ0n) is 9.18. The predicted molar refractivity (Wildman–Crippen MR) is 56.6 cm³/mol. The maximum Gasteiger partial charge on any atom is 0.242 e. The lowest BCUT2D eigenvalue weighted by Gasteiger charge is -2.27. The van der Waals surface area contributed by atoms with E-state index in [0.29, 0.717) is 6.54 Å². The second-order valence-electron chi connectivity index (χ2n) is 3.64. The Morgan fingerprint density at radius 3 is 2.56 bits per heavy atom. The first-order chi connectivity index (χ1) is 7.41. The van der Waals surface area contributed by atoms with E-state index < -0.39 is 23.1 Å². The average Bonchev–Trinajstić information content (AvgIpc) is 2.17. The number of nitrogens with one attached hydrogen (secondary N) is 1. The molecule has 0 bridgehead atoms. The van der Waals surface area contributed by atoms with Gasteiger partial charge in [-0.1, -0.05) is 13.0 Å². The molecule has 3 N–H and O–H groups in total. The van der Waals surface area contributed by atoms with Gasteiger partial charge < -0.3 is 11.1 Å². The number of primary amides is 1. The van der Waals surface area contributed by atoms with Gasteiger partial charge in [-0.05, 0) is 19.5 Å². The molecule has 0 heterocycles. The normalized spacial score (nSPS) is 14.5. The number of hydrogen-bond donors (Lipinski definition) is 2. The van der Waals surface area contributed by atoms with Gasteiger partial charge in [-0.2, -0.15) is 0 Å². The van der Waals surface area contributed by atoms with Gasteiger partial charge in [-0.15, -0.1) is 0 Å². The van der Waals surface area contributed by atoms with Gasteiger partial charge in [-0.3, -0.25) is 4.79 Å². The van der Waals surface area contributed by atoms with Gasteiger partial charge in [0.15, 0.2) is 0 Å². The minimum atomic E-state index is -1.33. The molecule has 1 unspecified atom stereocenters. The van der Waals surface area contributed by atoms with E-state index >= 15 is 0 Å². The first kappa shape index (κ1) is 12.6. The Morgan fingerprint density at radius 1 is 1.50 bits per heavy atom. The second-order valence-corrected chi connectivity index (χ2v) is 3.64. The van der Waals surface area contributed by atoms with Crippen LogP contribution in [0.25, 0.3) is 0 Å². The zero-order valence-corrected chi connectivity index (χ0v) is 9.18. The Morgan fingerprint density at radius 2 is 2.12 bits per heavy atom. The van der Waals surface area contributed by atoms with Gasteiger partial charge in [0.05, 0.1) is 0 Å². The second kappa shape index (κ2) is 4.57. The number of halogens is 2. The van der Waals surface area contributed by atoms with Crippen LogP contribution in [0.1, 0.15) is 19.4 Å². The van der Waals surface area contributed by atoms with Crippen LogP contribution >= 0.6 is 0 Å². The number of carbonyl (C=O) groups is 1. The summed E-state index contributed by atoms with van der Waals surface area (Å²) in [6.45, 7) is 3.67. The molecule has 0 aliphatic rings. The lowest BCUT2D eigenvalue weighted by molar-refractivity contribution is -0.124. The van der Waals surface area contributed by atoms with Crippen molar-refractivity contribution in [1.29, 1.82) is 0 Å². The highest BCUT2D eigenvalue weighted by atomic mass is 19.1. The Balaban J connectivity index is 3.26. The standard InChI is InChI=1S/C11H14F2N2O/c1-3-15-11(2,10(14)16)8-5-4-7(12)6-9(8)13/h4-6,15H,3H2,1-2H3,(H2,14,16). The van der Waals surface area contributed by atoms with E-state index in [-0.39, 0.29) is 5.56 Å². The van der Waals surface area contributed by atoms with Crippen LogP contribution in [-0.4, -0.2) is 12.5 Å². The summed E-state index contributed by atoms with van der Waals surface area (Å²) in [4.78, 5) is 11.3. The number of benzene rings is 1. The molecular formula is C11H14F2N2O. The van der Waals surface area contributed by atoms with E-state index in [0.717, 1.165) is 12.1 Å². The SMILES string of the molecule is CCNC(C)(C(N)=O)c1ccc(F)cc1F. The van der Waals surface area contributed by atoms with Gasteiger partial charge in [0, 0.05) is 11.6 Å². The largest absolute Gasteiger partial charge is 0.368 e. The highest BCUT2D eigenvalue weighted by Gasteiger charge is 2.34. The number of hydrogen-bond acceptors (Lipinski definition) is 2. The fourth-order valence-electron chi connectivity index (χ4n) is 1.56. The van der Waals surface area contributed by atoms with Crippen LogP contribution < -0.4 is 11.1 Å². The van der Waals surface area contributed by atoms with Crippen molar-refractivity contribution in [2.24, 2.45) is 5.73 Å². The Kier molecular flexibility index (Phi) is 3.59. The molecule has 16 heavy (non-hydrogen) atoms. The minimum absolute atomic E-state index is 0.0447. The molecule has 88 valence electrons. The smallest absolute Gasteiger partial charge is 0.242 e. The molecular weight excluding hydrogens is 214 g/mol. The third-order valence-corrected chi connectivity index (χ3v) is 2.49. The number of likely N-dealkylation sites (N-methyl/N-ethyl adjacent to an activating group) is 1. The van der Waals surface area contributed by atoms with Crippen LogP contribution in [-0.2, 0) is 10.3 Å². The van der Waals surface area contributed by atoms with Crippen molar-refractivity contribution in [2.45, 2.75) is 19.4 Å². The van der Waals surface area contributed by atoms with E-state index in [1.165, 1.54) is 13.0 Å². The summed E-state index contributed by atoms with van der Waals surface area (Å²) in [6.07, 6.45) is 0. The van der Waals surface area contributed by atoms with Gasteiger partial charge in [0.25, 0.3) is 0 Å². The summed E-state index contributed by atoms with van der Waals surface area (Å²) in [5.74, 6) is -2.19. The fourth-order valence-corrected chi connectivity index (χ4v) is 1.56. The van der Waals surface area contributed by atoms with Gasteiger partial charge >= 0.3 is 0 Å². The Labute approximate surface area is 92.6 Å². The number of amides is 1. The third kappa shape index (κ3) is 2.19.